The fourth-order valence-corrected chi connectivity index (χ4v) is 1.92. The molecule has 0 bridgehead atoms. The van der Waals surface area contributed by atoms with E-state index < -0.39 is 6.10 Å². The summed E-state index contributed by atoms with van der Waals surface area (Å²) in [5.74, 6) is -0.0419. The standard InChI is InChI=1S/C13H26N2O3/c1-4-5-10(2)15-13(16)11(3)18-9-12-8-14-6-7-17-12/h10-12,14H,4-9H2,1-3H3,(H,15,16). The SMILES string of the molecule is CCCC(C)NC(=O)C(C)OCC1CNCCO1. The zero-order chi connectivity index (χ0) is 13.4. The Morgan fingerprint density at radius 2 is 2.33 bits per heavy atom. The van der Waals surface area contributed by atoms with Crippen LogP contribution in [0, 0.1) is 0 Å². The Hall–Kier alpha value is -0.650. The highest BCUT2D eigenvalue weighted by Crippen LogP contribution is 2.01. The third-order valence-corrected chi connectivity index (χ3v) is 3.02. The Labute approximate surface area is 110 Å². The minimum atomic E-state index is -0.421. The van der Waals surface area contributed by atoms with Crippen molar-refractivity contribution in [3.63, 3.8) is 0 Å². The van der Waals surface area contributed by atoms with Crippen molar-refractivity contribution in [2.45, 2.75) is 51.9 Å². The second-order valence-corrected chi connectivity index (χ2v) is 4.87. The molecular formula is C13H26N2O3. The van der Waals surface area contributed by atoms with Gasteiger partial charge in [-0.15, -0.1) is 0 Å². The highest BCUT2D eigenvalue weighted by Gasteiger charge is 2.19. The smallest absolute Gasteiger partial charge is 0.249 e. The lowest BCUT2D eigenvalue weighted by molar-refractivity contribution is -0.135. The second-order valence-electron chi connectivity index (χ2n) is 4.87. The Morgan fingerprint density at radius 1 is 1.56 bits per heavy atom. The molecule has 3 unspecified atom stereocenters. The van der Waals surface area contributed by atoms with Crippen molar-refractivity contribution in [1.82, 2.24) is 10.6 Å². The van der Waals surface area contributed by atoms with Gasteiger partial charge < -0.3 is 20.1 Å². The summed E-state index contributed by atoms with van der Waals surface area (Å²) in [6, 6.07) is 0.209. The van der Waals surface area contributed by atoms with Crippen molar-refractivity contribution < 1.29 is 14.3 Å². The third kappa shape index (κ3) is 5.80. The molecular weight excluding hydrogens is 232 g/mol. The van der Waals surface area contributed by atoms with E-state index in [4.69, 9.17) is 9.47 Å². The molecule has 0 aromatic rings. The van der Waals surface area contributed by atoms with Gasteiger partial charge in [-0.2, -0.15) is 0 Å². The molecule has 3 atom stereocenters. The summed E-state index contributed by atoms with van der Waals surface area (Å²) in [7, 11) is 0. The monoisotopic (exact) mass is 258 g/mol. The summed E-state index contributed by atoms with van der Waals surface area (Å²) in [5.41, 5.74) is 0. The molecule has 1 aliphatic heterocycles. The van der Waals surface area contributed by atoms with Crippen LogP contribution in [0.25, 0.3) is 0 Å². The van der Waals surface area contributed by atoms with Crippen LogP contribution in [0.3, 0.4) is 0 Å². The van der Waals surface area contributed by atoms with E-state index in [1.54, 1.807) is 6.92 Å². The molecule has 1 saturated heterocycles. The number of hydrogen-bond acceptors (Lipinski definition) is 4. The third-order valence-electron chi connectivity index (χ3n) is 3.02. The van der Waals surface area contributed by atoms with E-state index in [9.17, 15) is 4.79 Å². The van der Waals surface area contributed by atoms with Crippen LogP contribution in [-0.4, -0.2) is 50.5 Å². The van der Waals surface area contributed by atoms with Crippen molar-refractivity contribution in [2.75, 3.05) is 26.3 Å². The fourth-order valence-electron chi connectivity index (χ4n) is 1.92. The van der Waals surface area contributed by atoms with Gasteiger partial charge in [0.25, 0.3) is 0 Å². The summed E-state index contributed by atoms with van der Waals surface area (Å²) in [6.07, 6.45) is 1.70. The molecule has 106 valence electrons. The highest BCUT2D eigenvalue weighted by molar-refractivity contribution is 5.80. The normalized spacial score (nSPS) is 23.4. The van der Waals surface area contributed by atoms with Crippen LogP contribution < -0.4 is 10.6 Å². The number of rotatable bonds is 7. The molecule has 1 heterocycles. The first-order valence-corrected chi connectivity index (χ1v) is 6.87. The Bertz CT molecular complexity index is 242. The quantitative estimate of drug-likeness (QED) is 0.705. The van der Waals surface area contributed by atoms with Gasteiger partial charge in [0, 0.05) is 19.1 Å². The lowest BCUT2D eigenvalue weighted by Gasteiger charge is -2.25. The van der Waals surface area contributed by atoms with Crippen molar-refractivity contribution in [2.24, 2.45) is 0 Å². The van der Waals surface area contributed by atoms with Crippen molar-refractivity contribution in [3.8, 4) is 0 Å². The summed E-state index contributed by atoms with van der Waals surface area (Å²) < 4.78 is 11.1. The topological polar surface area (TPSA) is 59.6 Å². The molecule has 18 heavy (non-hydrogen) atoms. The average Bonchev–Trinajstić information content (AvgIpc) is 2.37. The van der Waals surface area contributed by atoms with E-state index in [2.05, 4.69) is 17.6 Å². The predicted molar refractivity (Wildman–Crippen MR) is 70.5 cm³/mol. The number of morpholine rings is 1. The molecule has 0 aliphatic carbocycles. The van der Waals surface area contributed by atoms with Gasteiger partial charge in [0.15, 0.2) is 0 Å². The van der Waals surface area contributed by atoms with Gasteiger partial charge in [-0.25, -0.2) is 0 Å². The number of carbonyl (C=O) groups excluding carboxylic acids is 1. The van der Waals surface area contributed by atoms with Crippen LogP contribution in [0.15, 0.2) is 0 Å². The van der Waals surface area contributed by atoms with Crippen LogP contribution in [0.4, 0.5) is 0 Å². The van der Waals surface area contributed by atoms with Gasteiger partial charge in [-0.1, -0.05) is 13.3 Å². The molecule has 5 nitrogen and oxygen atoms in total. The van der Waals surface area contributed by atoms with Gasteiger partial charge in [0.05, 0.1) is 19.3 Å². The van der Waals surface area contributed by atoms with E-state index in [0.717, 1.165) is 25.9 Å². The molecule has 1 aliphatic rings. The van der Waals surface area contributed by atoms with Gasteiger partial charge in [0.2, 0.25) is 5.91 Å². The molecule has 5 heteroatoms. The van der Waals surface area contributed by atoms with Crippen LogP contribution in [-0.2, 0) is 14.3 Å². The lowest BCUT2D eigenvalue weighted by Crippen LogP contribution is -2.44. The van der Waals surface area contributed by atoms with E-state index in [1.165, 1.54) is 0 Å². The maximum absolute atomic E-state index is 11.8. The minimum absolute atomic E-state index is 0.0419. The summed E-state index contributed by atoms with van der Waals surface area (Å²) in [5, 5.41) is 6.18. The Balaban J connectivity index is 2.18. The number of hydrogen-bond donors (Lipinski definition) is 2. The lowest BCUT2D eigenvalue weighted by atomic mass is 10.2. The van der Waals surface area contributed by atoms with Crippen LogP contribution in [0.5, 0.6) is 0 Å². The van der Waals surface area contributed by atoms with Gasteiger partial charge in [-0.05, 0) is 20.3 Å². The van der Waals surface area contributed by atoms with E-state index in [0.29, 0.717) is 13.2 Å². The maximum atomic E-state index is 11.8. The first-order chi connectivity index (χ1) is 8.63. The first-order valence-electron chi connectivity index (χ1n) is 6.87. The van der Waals surface area contributed by atoms with Crippen molar-refractivity contribution >= 4 is 5.91 Å². The number of amides is 1. The second kappa shape index (κ2) is 8.45. The molecule has 1 rings (SSSR count). The molecule has 0 aromatic heterocycles. The summed E-state index contributed by atoms with van der Waals surface area (Å²) in [6.45, 7) is 8.76. The highest BCUT2D eigenvalue weighted by atomic mass is 16.5. The molecule has 0 radical (unpaired) electrons. The van der Waals surface area contributed by atoms with Crippen molar-refractivity contribution in [1.29, 1.82) is 0 Å². The zero-order valence-electron chi connectivity index (χ0n) is 11.7. The van der Waals surface area contributed by atoms with E-state index >= 15 is 0 Å². The first kappa shape index (κ1) is 15.4. The van der Waals surface area contributed by atoms with Crippen LogP contribution in [0.2, 0.25) is 0 Å². The molecule has 0 saturated carbocycles. The summed E-state index contributed by atoms with van der Waals surface area (Å²) in [4.78, 5) is 11.8. The minimum Gasteiger partial charge on any atom is -0.373 e. The molecule has 0 aromatic carbocycles. The maximum Gasteiger partial charge on any atom is 0.249 e. The number of nitrogens with one attached hydrogen (secondary N) is 2. The van der Waals surface area contributed by atoms with Gasteiger partial charge in [0.1, 0.15) is 6.10 Å². The Morgan fingerprint density at radius 3 is 2.94 bits per heavy atom. The van der Waals surface area contributed by atoms with Gasteiger partial charge in [-0.3, -0.25) is 4.79 Å². The number of ether oxygens (including phenoxy) is 2. The molecule has 1 amide bonds. The number of carbonyl (C=O) groups is 1. The summed E-state index contributed by atoms with van der Waals surface area (Å²) >= 11 is 0. The fraction of sp³-hybridized carbons (Fsp3) is 0.923. The van der Waals surface area contributed by atoms with E-state index in [1.807, 2.05) is 6.92 Å². The average molecular weight is 258 g/mol. The molecule has 1 fully saturated rings. The molecule has 0 spiro atoms. The van der Waals surface area contributed by atoms with Crippen molar-refractivity contribution in [3.05, 3.63) is 0 Å². The Kier molecular flexibility index (Phi) is 7.23. The zero-order valence-corrected chi connectivity index (χ0v) is 11.7. The van der Waals surface area contributed by atoms with Gasteiger partial charge >= 0.3 is 0 Å². The van der Waals surface area contributed by atoms with Crippen LogP contribution >= 0.6 is 0 Å². The molecule has 2 N–H and O–H groups in total. The predicted octanol–water partition coefficient (Wildman–Crippen LogP) is 0.685. The van der Waals surface area contributed by atoms with E-state index in [-0.39, 0.29) is 18.1 Å². The van der Waals surface area contributed by atoms with Crippen LogP contribution in [0.1, 0.15) is 33.6 Å². The largest absolute Gasteiger partial charge is 0.373 e.